The summed E-state index contributed by atoms with van der Waals surface area (Å²) in [6.07, 6.45) is 8.75. The summed E-state index contributed by atoms with van der Waals surface area (Å²) in [5, 5.41) is 0. The van der Waals surface area contributed by atoms with Crippen LogP contribution in [0.5, 0.6) is 0 Å². The molecule has 0 N–H and O–H groups in total. The van der Waals surface area contributed by atoms with Crippen molar-refractivity contribution >= 4 is 5.78 Å². The van der Waals surface area contributed by atoms with Gasteiger partial charge in [-0.2, -0.15) is 13.2 Å². The molecule has 2 rings (SSSR count). The Bertz CT molecular complexity index is 988. The van der Waals surface area contributed by atoms with Crippen molar-refractivity contribution in [3.05, 3.63) is 134 Å². The van der Waals surface area contributed by atoms with Crippen molar-refractivity contribution in [2.45, 2.75) is 86.2 Å². The number of benzene rings is 2. The number of alkyl halides is 3. The number of aryl methyl sites for hydroxylation is 1. The van der Waals surface area contributed by atoms with E-state index in [0.717, 1.165) is 49.0 Å². The van der Waals surface area contributed by atoms with Gasteiger partial charge in [-0.05, 0) is 63.3 Å². The zero-order valence-corrected chi connectivity index (χ0v) is 29.9. The summed E-state index contributed by atoms with van der Waals surface area (Å²) >= 11 is 0. The van der Waals surface area contributed by atoms with E-state index in [2.05, 4.69) is 58.0 Å². The predicted molar refractivity (Wildman–Crippen MR) is 169 cm³/mol. The van der Waals surface area contributed by atoms with Crippen LogP contribution >= 0.6 is 0 Å². The van der Waals surface area contributed by atoms with Gasteiger partial charge in [0.1, 0.15) is 0 Å². The first-order valence-electron chi connectivity index (χ1n) is 13.5. The molecular formula is C36H50F3KO-2. The number of halogens is 3. The molecule has 0 amide bonds. The van der Waals surface area contributed by atoms with Gasteiger partial charge in [-0.25, -0.2) is 24.6 Å². The minimum Gasteiger partial charge on any atom is -0.358 e. The fraction of sp³-hybridized carbons (Fsp3) is 0.361. The number of Topliss-reactive ketones (excluding diaryl/α,β-unsaturated/α-hetero) is 1. The van der Waals surface area contributed by atoms with Gasteiger partial charge in [0.05, 0.1) is 5.56 Å². The topological polar surface area (TPSA) is 17.1 Å². The summed E-state index contributed by atoms with van der Waals surface area (Å²) in [7, 11) is 0. The Balaban J connectivity index is -0.000000234. The Morgan fingerprint density at radius 3 is 1.90 bits per heavy atom. The van der Waals surface area contributed by atoms with Crippen LogP contribution in [0.2, 0.25) is 0 Å². The molecule has 1 unspecified atom stereocenters. The number of hydrogen-bond acceptors (Lipinski definition) is 1. The second kappa shape index (κ2) is 28.5. The van der Waals surface area contributed by atoms with Crippen LogP contribution < -0.4 is 51.4 Å². The Hall–Kier alpha value is -1.63. The zero-order chi connectivity index (χ0) is 30.3. The molecule has 0 aromatic heterocycles. The van der Waals surface area contributed by atoms with Crippen LogP contribution in [0, 0.1) is 20.4 Å². The normalized spacial score (nSPS) is 11.2. The van der Waals surface area contributed by atoms with E-state index in [0.29, 0.717) is 5.92 Å². The summed E-state index contributed by atoms with van der Waals surface area (Å²) in [5.41, 5.74) is 3.95. The molecule has 0 aliphatic rings. The Morgan fingerprint density at radius 2 is 1.54 bits per heavy atom. The van der Waals surface area contributed by atoms with Crippen molar-refractivity contribution < 1.29 is 69.4 Å². The van der Waals surface area contributed by atoms with Gasteiger partial charge in [-0.1, -0.05) is 99.7 Å². The monoisotopic (exact) mass is 594 g/mol. The van der Waals surface area contributed by atoms with Gasteiger partial charge in [0.15, 0.2) is 5.78 Å². The summed E-state index contributed by atoms with van der Waals surface area (Å²) in [6.45, 7) is 22.4. The van der Waals surface area contributed by atoms with Crippen molar-refractivity contribution in [3.63, 3.8) is 0 Å². The molecule has 0 spiro atoms. The molecule has 0 saturated carbocycles. The van der Waals surface area contributed by atoms with Crippen molar-refractivity contribution in [2.75, 3.05) is 0 Å². The van der Waals surface area contributed by atoms with E-state index in [4.69, 9.17) is 6.58 Å². The van der Waals surface area contributed by atoms with Crippen LogP contribution in [0.25, 0.3) is 0 Å². The average molecular weight is 595 g/mol. The molecular weight excluding hydrogens is 544 g/mol. The molecule has 0 fully saturated rings. The molecule has 0 heterocycles. The Labute approximate surface area is 292 Å². The molecule has 5 heteroatoms. The zero-order valence-electron chi connectivity index (χ0n) is 26.8. The fourth-order valence-electron chi connectivity index (χ4n) is 3.25. The van der Waals surface area contributed by atoms with Gasteiger partial charge in [0.25, 0.3) is 0 Å². The van der Waals surface area contributed by atoms with E-state index in [1.807, 2.05) is 39.0 Å². The maximum absolute atomic E-state index is 12.0. The molecule has 0 bridgehead atoms. The van der Waals surface area contributed by atoms with Gasteiger partial charge in [0, 0.05) is 0 Å². The Morgan fingerprint density at radius 1 is 1.02 bits per heavy atom. The maximum atomic E-state index is 12.0. The number of carbonyl (C=O) groups is 1. The molecule has 2 aromatic carbocycles. The van der Waals surface area contributed by atoms with Gasteiger partial charge in [0.2, 0.25) is 0 Å². The number of allylic oxidation sites excluding steroid dienone is 6. The molecule has 224 valence electrons. The van der Waals surface area contributed by atoms with E-state index >= 15 is 0 Å². The largest absolute Gasteiger partial charge is 1.00 e. The van der Waals surface area contributed by atoms with Crippen molar-refractivity contribution in [3.8, 4) is 0 Å². The van der Waals surface area contributed by atoms with E-state index in [-0.39, 0.29) is 64.6 Å². The number of carbonyl (C=O) groups excluding carboxylic acids is 1. The van der Waals surface area contributed by atoms with Crippen LogP contribution in [-0.4, -0.2) is 5.78 Å². The average Bonchev–Trinajstić information content (AvgIpc) is 2.92. The standard InChI is InChI=1S/C13H14.C10H18O.C9H9F3.C3H6.CH3.K/c1-3-4-6-9-12(2)13-10-7-5-8-11-13;1-5-7-10(9(4)11)8(3)6-2;1-2-7-3-5-8(6-4-7)9(10,11)12;1-3-2;;/h1,3-12H,2H3;5-7H2,1-4H3;3-6H,2H2,1H3;3H,1H2,2H3;1H3;/q-2;;;;-1;+1/b6-4-;10-8+;;;;. The van der Waals surface area contributed by atoms with E-state index < -0.39 is 11.7 Å². The van der Waals surface area contributed by atoms with Gasteiger partial charge < -0.3 is 7.43 Å². The van der Waals surface area contributed by atoms with Crippen molar-refractivity contribution in [1.29, 1.82) is 0 Å². The first-order valence-corrected chi connectivity index (χ1v) is 13.5. The third kappa shape index (κ3) is 23.6. The first kappa shape index (κ1) is 46.3. The summed E-state index contributed by atoms with van der Waals surface area (Å²) in [4.78, 5) is 11.1. The third-order valence-corrected chi connectivity index (χ3v) is 5.61. The predicted octanol–water partition coefficient (Wildman–Crippen LogP) is 8.56. The molecule has 0 aliphatic carbocycles. The van der Waals surface area contributed by atoms with Crippen molar-refractivity contribution in [1.82, 2.24) is 0 Å². The molecule has 1 atom stereocenters. The second-order valence-electron chi connectivity index (χ2n) is 8.84. The molecule has 0 aliphatic heterocycles. The SMILES string of the molecule is C=CC.CCC/C(C(C)=O)=C(/C)CC.CCc1ccc(C(F)(F)F)cc1.[CH-]=C/C=C\[CH-]C(C)c1ccccc1.[CH3-].[K+]. The molecule has 0 radical (unpaired) electrons. The number of rotatable bonds is 9. The van der Waals surface area contributed by atoms with Crippen molar-refractivity contribution in [2.24, 2.45) is 0 Å². The molecule has 1 nitrogen and oxygen atoms in total. The van der Waals surface area contributed by atoms with Gasteiger partial charge in [-0.15, -0.1) is 6.58 Å². The summed E-state index contributed by atoms with van der Waals surface area (Å²) < 4.78 is 36.1. The first-order chi connectivity index (χ1) is 18.4. The minimum absolute atomic E-state index is 0. The Kier molecular flexibility index (Phi) is 32.2. The molecule has 41 heavy (non-hydrogen) atoms. The molecule has 0 saturated heterocycles. The third-order valence-electron chi connectivity index (χ3n) is 5.61. The van der Waals surface area contributed by atoms with E-state index in [9.17, 15) is 18.0 Å². The maximum Gasteiger partial charge on any atom is 1.00 e. The quantitative estimate of drug-likeness (QED) is 0.0935. The van der Waals surface area contributed by atoms with Crippen LogP contribution in [0.1, 0.15) is 90.3 Å². The summed E-state index contributed by atoms with van der Waals surface area (Å²) in [6, 6.07) is 15.6. The van der Waals surface area contributed by atoms with Crippen LogP contribution in [0.4, 0.5) is 13.2 Å². The minimum atomic E-state index is -4.22. The van der Waals surface area contributed by atoms with E-state index in [1.165, 1.54) is 29.3 Å². The number of ketones is 1. The van der Waals surface area contributed by atoms with Crippen LogP contribution in [-0.2, 0) is 17.4 Å². The van der Waals surface area contributed by atoms with Crippen LogP contribution in [0.3, 0.4) is 0 Å². The number of hydrogen-bond donors (Lipinski definition) is 0. The molecule has 2 aromatic rings. The van der Waals surface area contributed by atoms with Gasteiger partial charge >= 0.3 is 57.6 Å². The second-order valence-corrected chi connectivity index (χ2v) is 8.84. The smallest absolute Gasteiger partial charge is 0.358 e. The van der Waals surface area contributed by atoms with Crippen LogP contribution in [0.15, 0.2) is 96.6 Å². The fourth-order valence-corrected chi connectivity index (χ4v) is 3.25. The van der Waals surface area contributed by atoms with Gasteiger partial charge in [-0.3, -0.25) is 11.4 Å². The summed E-state index contributed by atoms with van der Waals surface area (Å²) in [5.74, 6) is 0.684. The van der Waals surface area contributed by atoms with E-state index in [1.54, 1.807) is 13.0 Å².